The normalized spacial score (nSPS) is 16.9. The summed E-state index contributed by atoms with van der Waals surface area (Å²) in [7, 11) is 0. The number of esters is 1. The van der Waals surface area contributed by atoms with Crippen LogP contribution < -0.4 is 11.1 Å². The van der Waals surface area contributed by atoms with E-state index < -0.39 is 17.6 Å². The van der Waals surface area contributed by atoms with Gasteiger partial charge in [-0.2, -0.15) is 0 Å². The molecule has 0 radical (unpaired) electrons. The van der Waals surface area contributed by atoms with E-state index in [-0.39, 0.29) is 11.7 Å². The molecule has 1 atom stereocenters. The van der Waals surface area contributed by atoms with Crippen molar-refractivity contribution in [2.75, 3.05) is 6.61 Å². The quantitative estimate of drug-likeness (QED) is 0.487. The Hall–Kier alpha value is -2.08. The highest BCUT2D eigenvalue weighted by molar-refractivity contribution is 5.90. The molecule has 6 heteroatoms. The second-order valence-corrected chi connectivity index (χ2v) is 7.23. The Morgan fingerprint density at radius 2 is 2.04 bits per heavy atom. The molecule has 26 heavy (non-hydrogen) atoms. The lowest BCUT2D eigenvalue weighted by atomic mass is 9.96. The van der Waals surface area contributed by atoms with Crippen LogP contribution in [0.2, 0.25) is 0 Å². The summed E-state index contributed by atoms with van der Waals surface area (Å²) in [5, 5.41) is 12.4. The molecule has 6 nitrogen and oxygen atoms in total. The van der Waals surface area contributed by atoms with Gasteiger partial charge in [-0.3, -0.25) is 4.79 Å². The number of rotatable bonds is 8. The number of nitrogens with one attached hydrogen (secondary N) is 1. The van der Waals surface area contributed by atoms with E-state index in [1.54, 1.807) is 18.2 Å². The molecule has 1 fully saturated rings. The summed E-state index contributed by atoms with van der Waals surface area (Å²) in [6.07, 6.45) is 5.13. The molecule has 0 heterocycles. The van der Waals surface area contributed by atoms with Gasteiger partial charge in [-0.1, -0.05) is 32.3 Å². The maximum atomic E-state index is 12.7. The number of phenolic OH excluding ortho intramolecular Hbond substituents is 1. The van der Waals surface area contributed by atoms with Gasteiger partial charge in [-0.25, -0.2) is 4.79 Å². The molecule has 1 aromatic rings. The highest BCUT2D eigenvalue weighted by Gasteiger charge is 2.39. The molecule has 1 amide bonds. The number of phenols is 1. The van der Waals surface area contributed by atoms with Gasteiger partial charge in [0, 0.05) is 6.42 Å². The van der Waals surface area contributed by atoms with Gasteiger partial charge in [0.05, 0.1) is 12.1 Å². The van der Waals surface area contributed by atoms with Gasteiger partial charge >= 0.3 is 5.97 Å². The van der Waals surface area contributed by atoms with E-state index in [1.165, 1.54) is 0 Å². The smallest absolute Gasteiger partial charge is 0.328 e. The number of carbonyl (C=O) groups excluding carboxylic acids is 2. The average molecular weight is 362 g/mol. The molecule has 1 saturated carbocycles. The van der Waals surface area contributed by atoms with Crippen molar-refractivity contribution >= 4 is 11.9 Å². The van der Waals surface area contributed by atoms with Crippen LogP contribution in [-0.4, -0.2) is 35.2 Å². The number of nitrogens with two attached hydrogens (primary N) is 1. The zero-order chi connectivity index (χ0) is 19.2. The summed E-state index contributed by atoms with van der Waals surface area (Å²) in [6, 6.07) is 4.18. The summed E-state index contributed by atoms with van der Waals surface area (Å²) in [5.74, 6) is -0.561. The minimum Gasteiger partial charge on any atom is -0.508 e. The molecule has 4 N–H and O–H groups in total. The summed E-state index contributed by atoms with van der Waals surface area (Å²) < 4.78 is 5.33. The Balaban J connectivity index is 2.12. The largest absolute Gasteiger partial charge is 0.508 e. The lowest BCUT2D eigenvalue weighted by Crippen LogP contribution is -2.56. The van der Waals surface area contributed by atoms with Crippen molar-refractivity contribution in [3.8, 4) is 5.75 Å². The zero-order valence-corrected chi connectivity index (χ0v) is 15.7. The Labute approximate surface area is 155 Å². The van der Waals surface area contributed by atoms with Gasteiger partial charge in [0.1, 0.15) is 11.8 Å². The molecule has 1 aromatic carbocycles. The number of ether oxygens (including phenoxy) is 1. The van der Waals surface area contributed by atoms with Crippen LogP contribution in [0.25, 0.3) is 0 Å². The SMILES string of the molecule is CCCCOC(=O)[C@H](Cc1ccc(O)cc1C)NC(=O)C1(N)CCCC1. The highest BCUT2D eigenvalue weighted by Crippen LogP contribution is 2.27. The maximum absolute atomic E-state index is 12.7. The molecule has 144 valence electrons. The van der Waals surface area contributed by atoms with Crippen LogP contribution in [0, 0.1) is 6.92 Å². The van der Waals surface area contributed by atoms with Crippen LogP contribution >= 0.6 is 0 Å². The van der Waals surface area contributed by atoms with Gasteiger partial charge in [0.15, 0.2) is 0 Å². The van der Waals surface area contributed by atoms with Crippen LogP contribution in [0.1, 0.15) is 56.6 Å². The summed E-state index contributed by atoms with van der Waals surface area (Å²) in [4.78, 5) is 25.2. The van der Waals surface area contributed by atoms with Gasteiger partial charge < -0.3 is 20.9 Å². The van der Waals surface area contributed by atoms with Crippen LogP contribution in [-0.2, 0) is 20.7 Å². The lowest BCUT2D eigenvalue weighted by Gasteiger charge is -2.26. The molecule has 0 saturated heterocycles. The van der Waals surface area contributed by atoms with E-state index in [0.29, 0.717) is 25.9 Å². The predicted octanol–water partition coefficient (Wildman–Crippen LogP) is 2.34. The van der Waals surface area contributed by atoms with Crippen molar-refractivity contribution < 1.29 is 19.4 Å². The fourth-order valence-electron chi connectivity index (χ4n) is 3.27. The molecule has 0 unspecified atom stereocenters. The second kappa shape index (κ2) is 9.03. The van der Waals surface area contributed by atoms with Crippen LogP contribution in [0.5, 0.6) is 5.75 Å². The Morgan fingerprint density at radius 3 is 2.65 bits per heavy atom. The predicted molar refractivity (Wildman–Crippen MR) is 99.7 cm³/mol. The third-order valence-corrected chi connectivity index (χ3v) is 5.03. The third-order valence-electron chi connectivity index (χ3n) is 5.03. The first-order valence-electron chi connectivity index (χ1n) is 9.40. The standard InChI is InChI=1S/C20H30N2O4/c1-3-4-11-26-18(24)17(13-15-7-8-16(23)12-14(15)2)22-19(25)20(21)9-5-6-10-20/h7-8,12,17,23H,3-6,9-11,13,21H2,1-2H3,(H,22,25)/t17-/m0/s1. The number of aromatic hydroxyl groups is 1. The number of aryl methyl sites for hydroxylation is 1. The van der Waals surface area contributed by atoms with E-state index in [2.05, 4.69) is 5.32 Å². The Kier molecular flexibility index (Phi) is 7.03. The number of amides is 1. The van der Waals surface area contributed by atoms with Gasteiger partial charge in [0.25, 0.3) is 0 Å². The molecule has 0 aliphatic heterocycles. The van der Waals surface area contributed by atoms with Gasteiger partial charge in [-0.15, -0.1) is 0 Å². The molecule has 1 aliphatic rings. The molecule has 0 spiro atoms. The highest BCUT2D eigenvalue weighted by atomic mass is 16.5. The first-order chi connectivity index (χ1) is 12.4. The monoisotopic (exact) mass is 362 g/mol. The number of benzene rings is 1. The van der Waals surface area contributed by atoms with Crippen LogP contribution in [0.3, 0.4) is 0 Å². The summed E-state index contributed by atoms with van der Waals surface area (Å²) in [6.45, 7) is 4.22. The van der Waals surface area contributed by atoms with Gasteiger partial charge in [-0.05, 0) is 49.4 Å². The second-order valence-electron chi connectivity index (χ2n) is 7.23. The van der Waals surface area contributed by atoms with Gasteiger partial charge in [0.2, 0.25) is 5.91 Å². The van der Waals surface area contributed by atoms with Crippen molar-refractivity contribution in [1.29, 1.82) is 0 Å². The molecule has 0 bridgehead atoms. The summed E-state index contributed by atoms with van der Waals surface area (Å²) >= 11 is 0. The first-order valence-corrected chi connectivity index (χ1v) is 9.40. The van der Waals surface area contributed by atoms with E-state index in [0.717, 1.165) is 36.8 Å². The Morgan fingerprint density at radius 1 is 1.35 bits per heavy atom. The molecule has 2 rings (SSSR count). The number of unbranched alkanes of at least 4 members (excludes halogenated alkanes) is 1. The first kappa shape index (κ1) is 20.2. The van der Waals surface area contributed by atoms with Crippen molar-refractivity contribution in [3.63, 3.8) is 0 Å². The Bertz CT molecular complexity index is 639. The van der Waals surface area contributed by atoms with Crippen molar-refractivity contribution in [1.82, 2.24) is 5.32 Å². The minimum absolute atomic E-state index is 0.171. The minimum atomic E-state index is -0.897. The molecule has 0 aromatic heterocycles. The maximum Gasteiger partial charge on any atom is 0.328 e. The van der Waals surface area contributed by atoms with E-state index in [9.17, 15) is 14.7 Å². The summed E-state index contributed by atoms with van der Waals surface area (Å²) in [5.41, 5.74) is 7.05. The third kappa shape index (κ3) is 5.21. The van der Waals surface area contributed by atoms with Crippen LogP contribution in [0.4, 0.5) is 0 Å². The van der Waals surface area contributed by atoms with E-state index in [4.69, 9.17) is 10.5 Å². The fourth-order valence-corrected chi connectivity index (χ4v) is 3.27. The van der Waals surface area contributed by atoms with Crippen molar-refractivity contribution in [3.05, 3.63) is 29.3 Å². The average Bonchev–Trinajstić information content (AvgIpc) is 3.04. The zero-order valence-electron chi connectivity index (χ0n) is 15.7. The number of carbonyl (C=O) groups is 2. The fraction of sp³-hybridized carbons (Fsp3) is 0.600. The van der Waals surface area contributed by atoms with Crippen LogP contribution in [0.15, 0.2) is 18.2 Å². The molecular weight excluding hydrogens is 332 g/mol. The number of hydrogen-bond donors (Lipinski definition) is 3. The topological polar surface area (TPSA) is 102 Å². The van der Waals surface area contributed by atoms with E-state index >= 15 is 0 Å². The number of hydrogen-bond acceptors (Lipinski definition) is 5. The molecule has 1 aliphatic carbocycles. The van der Waals surface area contributed by atoms with E-state index in [1.807, 2.05) is 13.8 Å². The lowest BCUT2D eigenvalue weighted by molar-refractivity contribution is -0.148. The van der Waals surface area contributed by atoms with Crippen molar-refractivity contribution in [2.45, 2.75) is 70.4 Å². The van der Waals surface area contributed by atoms with Crippen molar-refractivity contribution in [2.24, 2.45) is 5.73 Å². The molecular formula is C20H30N2O4.